The molecule has 5 nitrogen and oxygen atoms in total. The summed E-state index contributed by atoms with van der Waals surface area (Å²) in [7, 11) is 0. The van der Waals surface area contributed by atoms with E-state index in [4.69, 9.17) is 21.8 Å². The third-order valence-electron chi connectivity index (χ3n) is 3.42. The minimum Gasteiger partial charge on any atom is -0.425 e. The van der Waals surface area contributed by atoms with Gasteiger partial charge < -0.3 is 15.5 Å². The number of aromatic nitrogens is 1. The SMILES string of the molecule is CCc1nc2c(o1)NC(N)=C(C#N)C2c1ccc(Cl)cc1. The molecule has 6 heteroatoms. The van der Waals surface area contributed by atoms with Gasteiger partial charge in [0.05, 0.1) is 17.6 Å². The molecule has 0 fully saturated rings. The molecule has 0 aliphatic carbocycles. The van der Waals surface area contributed by atoms with E-state index in [2.05, 4.69) is 16.4 Å². The van der Waals surface area contributed by atoms with Crippen LogP contribution in [0.25, 0.3) is 0 Å². The zero-order chi connectivity index (χ0) is 15.0. The normalized spacial score (nSPS) is 17.1. The van der Waals surface area contributed by atoms with E-state index in [-0.39, 0.29) is 5.92 Å². The van der Waals surface area contributed by atoms with Crippen LogP contribution in [-0.2, 0) is 6.42 Å². The van der Waals surface area contributed by atoms with Crippen LogP contribution in [0, 0.1) is 11.3 Å². The van der Waals surface area contributed by atoms with Crippen LogP contribution in [-0.4, -0.2) is 4.98 Å². The minimum absolute atomic E-state index is 0.295. The standard InChI is InChI=1S/C15H13ClN4O/c1-2-11-19-13-12(8-3-5-9(16)6-4-8)10(7-17)14(18)20-15(13)21-11/h3-6,12,20H,2,18H2,1H3. The molecule has 1 aliphatic rings. The average molecular weight is 301 g/mol. The van der Waals surface area contributed by atoms with Crippen LogP contribution in [0.5, 0.6) is 0 Å². The van der Waals surface area contributed by atoms with Crippen LogP contribution in [0.3, 0.4) is 0 Å². The van der Waals surface area contributed by atoms with Gasteiger partial charge in [0.2, 0.25) is 5.88 Å². The molecule has 1 aliphatic heterocycles. The maximum absolute atomic E-state index is 9.43. The Morgan fingerprint density at radius 2 is 2.14 bits per heavy atom. The highest BCUT2D eigenvalue weighted by molar-refractivity contribution is 6.30. The van der Waals surface area contributed by atoms with Crippen molar-refractivity contribution in [3.8, 4) is 6.07 Å². The van der Waals surface area contributed by atoms with E-state index >= 15 is 0 Å². The number of nitriles is 1. The summed E-state index contributed by atoms with van der Waals surface area (Å²) in [6.45, 7) is 1.95. The van der Waals surface area contributed by atoms with Gasteiger partial charge in [0.15, 0.2) is 5.89 Å². The summed E-state index contributed by atoms with van der Waals surface area (Å²) in [5.74, 6) is 1.07. The number of aryl methyl sites for hydroxylation is 1. The van der Waals surface area contributed by atoms with Crippen LogP contribution < -0.4 is 11.1 Å². The van der Waals surface area contributed by atoms with Gasteiger partial charge in [0.1, 0.15) is 11.5 Å². The van der Waals surface area contributed by atoms with Crippen molar-refractivity contribution in [3.63, 3.8) is 0 Å². The number of allylic oxidation sites excluding steroid dienone is 1. The zero-order valence-corrected chi connectivity index (χ0v) is 12.1. The van der Waals surface area contributed by atoms with Gasteiger partial charge in [-0.2, -0.15) is 5.26 Å². The van der Waals surface area contributed by atoms with Crippen molar-refractivity contribution in [3.05, 3.63) is 57.8 Å². The molecular weight excluding hydrogens is 288 g/mol. The van der Waals surface area contributed by atoms with Crippen molar-refractivity contribution >= 4 is 17.5 Å². The fraction of sp³-hybridized carbons (Fsp3) is 0.200. The Bertz CT molecular complexity index is 755. The second kappa shape index (κ2) is 5.15. The lowest BCUT2D eigenvalue weighted by molar-refractivity contribution is 0.514. The maximum atomic E-state index is 9.43. The van der Waals surface area contributed by atoms with Crippen LogP contribution in [0.2, 0.25) is 5.02 Å². The number of halogens is 1. The van der Waals surface area contributed by atoms with Crippen LogP contribution in [0.4, 0.5) is 5.88 Å². The first-order valence-electron chi connectivity index (χ1n) is 6.55. The van der Waals surface area contributed by atoms with Gasteiger partial charge in [0.25, 0.3) is 0 Å². The van der Waals surface area contributed by atoms with Gasteiger partial charge in [-0.1, -0.05) is 30.7 Å². The zero-order valence-electron chi connectivity index (χ0n) is 11.4. The van der Waals surface area contributed by atoms with Crippen molar-refractivity contribution in [1.29, 1.82) is 5.26 Å². The average Bonchev–Trinajstić information content (AvgIpc) is 2.89. The first kappa shape index (κ1) is 13.5. The fourth-order valence-electron chi connectivity index (χ4n) is 2.40. The largest absolute Gasteiger partial charge is 0.425 e. The molecule has 3 rings (SSSR count). The van der Waals surface area contributed by atoms with E-state index in [0.717, 1.165) is 5.56 Å². The molecule has 2 aromatic rings. The Morgan fingerprint density at radius 1 is 1.43 bits per heavy atom. The van der Waals surface area contributed by atoms with E-state index in [0.29, 0.717) is 40.3 Å². The highest BCUT2D eigenvalue weighted by Gasteiger charge is 2.33. The minimum atomic E-state index is -0.340. The van der Waals surface area contributed by atoms with Crippen LogP contribution in [0.1, 0.15) is 30.0 Å². The first-order valence-corrected chi connectivity index (χ1v) is 6.93. The van der Waals surface area contributed by atoms with Gasteiger partial charge in [-0.15, -0.1) is 0 Å². The topological polar surface area (TPSA) is 87.9 Å². The number of nitrogens with zero attached hydrogens (tertiary/aromatic N) is 2. The number of nitrogens with two attached hydrogens (primary N) is 1. The monoisotopic (exact) mass is 300 g/mol. The van der Waals surface area contributed by atoms with Crippen molar-refractivity contribution < 1.29 is 4.42 Å². The van der Waals surface area contributed by atoms with Gasteiger partial charge in [-0.05, 0) is 17.7 Å². The number of oxazole rings is 1. The number of fused-ring (bicyclic) bond motifs is 1. The molecule has 106 valence electrons. The maximum Gasteiger partial charge on any atom is 0.223 e. The molecule has 2 heterocycles. The Hall–Kier alpha value is -2.45. The summed E-state index contributed by atoms with van der Waals surface area (Å²) in [5.41, 5.74) is 7.96. The van der Waals surface area contributed by atoms with E-state index < -0.39 is 0 Å². The fourth-order valence-corrected chi connectivity index (χ4v) is 2.53. The number of hydrogen-bond donors (Lipinski definition) is 2. The number of anilines is 1. The van der Waals surface area contributed by atoms with E-state index in [1.54, 1.807) is 12.1 Å². The Labute approximate surface area is 127 Å². The molecule has 0 radical (unpaired) electrons. The summed E-state index contributed by atoms with van der Waals surface area (Å²) in [6.07, 6.45) is 0.670. The third kappa shape index (κ3) is 2.24. The summed E-state index contributed by atoms with van der Waals surface area (Å²) in [5, 5.41) is 13.0. The van der Waals surface area contributed by atoms with E-state index in [1.165, 1.54) is 0 Å². The summed E-state index contributed by atoms with van der Waals surface area (Å²) < 4.78 is 5.62. The van der Waals surface area contributed by atoms with Crippen molar-refractivity contribution in [2.24, 2.45) is 5.73 Å². The molecule has 0 spiro atoms. The second-order valence-corrected chi connectivity index (χ2v) is 5.16. The highest BCUT2D eigenvalue weighted by atomic mass is 35.5. The van der Waals surface area contributed by atoms with Gasteiger partial charge in [-0.3, -0.25) is 0 Å². The summed E-state index contributed by atoms with van der Waals surface area (Å²) in [6, 6.07) is 9.46. The Morgan fingerprint density at radius 3 is 2.76 bits per heavy atom. The van der Waals surface area contributed by atoms with Crippen molar-refractivity contribution in [2.75, 3.05) is 5.32 Å². The molecule has 1 atom stereocenters. The number of nitrogens with one attached hydrogen (secondary N) is 1. The molecule has 1 unspecified atom stereocenters. The van der Waals surface area contributed by atoms with E-state index in [1.807, 2.05) is 19.1 Å². The lowest BCUT2D eigenvalue weighted by Gasteiger charge is -2.22. The van der Waals surface area contributed by atoms with Crippen molar-refractivity contribution in [1.82, 2.24) is 4.98 Å². The molecule has 0 saturated carbocycles. The molecule has 1 aromatic carbocycles. The lowest BCUT2D eigenvalue weighted by atomic mass is 9.87. The highest BCUT2D eigenvalue weighted by Crippen LogP contribution is 2.40. The summed E-state index contributed by atoms with van der Waals surface area (Å²) in [4.78, 5) is 4.48. The molecule has 21 heavy (non-hydrogen) atoms. The van der Waals surface area contributed by atoms with E-state index in [9.17, 15) is 5.26 Å². The first-order chi connectivity index (χ1) is 10.1. The van der Waals surface area contributed by atoms with Gasteiger partial charge in [0, 0.05) is 11.4 Å². The summed E-state index contributed by atoms with van der Waals surface area (Å²) >= 11 is 5.93. The Balaban J connectivity index is 2.17. The number of benzene rings is 1. The van der Waals surface area contributed by atoms with Gasteiger partial charge >= 0.3 is 0 Å². The smallest absolute Gasteiger partial charge is 0.223 e. The van der Waals surface area contributed by atoms with Gasteiger partial charge in [-0.25, -0.2) is 4.98 Å². The third-order valence-corrected chi connectivity index (χ3v) is 3.68. The van der Waals surface area contributed by atoms with Crippen LogP contribution in [0.15, 0.2) is 40.1 Å². The predicted molar refractivity (Wildman–Crippen MR) is 79.6 cm³/mol. The second-order valence-electron chi connectivity index (χ2n) is 4.72. The van der Waals surface area contributed by atoms with Crippen molar-refractivity contribution in [2.45, 2.75) is 19.3 Å². The predicted octanol–water partition coefficient (Wildman–Crippen LogP) is 3.14. The molecule has 3 N–H and O–H groups in total. The number of hydrogen-bond acceptors (Lipinski definition) is 5. The Kier molecular flexibility index (Phi) is 3.32. The molecule has 0 bridgehead atoms. The molecule has 0 saturated heterocycles. The number of rotatable bonds is 2. The molecular formula is C15H13ClN4O. The van der Waals surface area contributed by atoms with Crippen LogP contribution >= 0.6 is 11.6 Å². The quantitative estimate of drug-likeness (QED) is 0.889. The molecule has 1 aromatic heterocycles. The lowest BCUT2D eigenvalue weighted by Crippen LogP contribution is -2.22. The molecule has 0 amide bonds.